The molecule has 1 aliphatic rings. The molecular formula is C22H30N4O4. The summed E-state index contributed by atoms with van der Waals surface area (Å²) in [6.45, 7) is 0.813. The number of amides is 2. The van der Waals surface area contributed by atoms with E-state index in [0.717, 1.165) is 22.9 Å². The number of aromatic nitrogens is 1. The van der Waals surface area contributed by atoms with Gasteiger partial charge in [-0.05, 0) is 56.7 Å². The third-order valence-corrected chi connectivity index (χ3v) is 5.68. The maximum atomic E-state index is 12.9. The molecule has 162 valence electrons. The van der Waals surface area contributed by atoms with E-state index in [0.29, 0.717) is 51.6 Å². The summed E-state index contributed by atoms with van der Waals surface area (Å²) in [6.07, 6.45) is 5.78. The Morgan fingerprint density at radius 2 is 2.07 bits per heavy atom. The second kappa shape index (κ2) is 10.2. The smallest absolute Gasteiger partial charge is 0.326 e. The molecule has 1 aromatic carbocycles. The Bertz CT molecular complexity index is 894. The predicted octanol–water partition coefficient (Wildman–Crippen LogP) is 1.79. The van der Waals surface area contributed by atoms with Crippen molar-refractivity contribution in [2.24, 2.45) is 5.73 Å². The van der Waals surface area contributed by atoms with Gasteiger partial charge in [0, 0.05) is 30.1 Å². The molecule has 8 heteroatoms. The molecule has 0 aliphatic carbocycles. The summed E-state index contributed by atoms with van der Waals surface area (Å²) in [4.78, 5) is 41.5. The lowest BCUT2D eigenvalue weighted by Gasteiger charge is -2.27. The molecule has 0 spiro atoms. The molecule has 1 aromatic heterocycles. The fourth-order valence-corrected chi connectivity index (χ4v) is 4.11. The minimum absolute atomic E-state index is 0.198. The number of carboxylic acids is 1. The average molecular weight is 415 g/mol. The van der Waals surface area contributed by atoms with Crippen molar-refractivity contribution >= 4 is 28.7 Å². The number of H-pyrrole nitrogens is 1. The van der Waals surface area contributed by atoms with E-state index in [9.17, 15) is 19.5 Å². The Balaban J connectivity index is 1.55. The molecular weight excluding hydrogens is 384 g/mol. The zero-order valence-corrected chi connectivity index (χ0v) is 17.1. The molecule has 2 amide bonds. The van der Waals surface area contributed by atoms with E-state index < -0.39 is 18.1 Å². The van der Waals surface area contributed by atoms with E-state index in [4.69, 9.17) is 5.73 Å². The van der Waals surface area contributed by atoms with Crippen molar-refractivity contribution in [3.63, 3.8) is 0 Å². The topological polar surface area (TPSA) is 129 Å². The Hall–Kier alpha value is -2.87. The average Bonchev–Trinajstić information content (AvgIpc) is 3.38. The van der Waals surface area contributed by atoms with Crippen LogP contribution in [0.1, 0.15) is 44.1 Å². The molecule has 2 atom stereocenters. The van der Waals surface area contributed by atoms with E-state index in [1.54, 1.807) is 0 Å². The van der Waals surface area contributed by atoms with Gasteiger partial charge in [-0.2, -0.15) is 0 Å². The van der Waals surface area contributed by atoms with Gasteiger partial charge in [0.2, 0.25) is 11.8 Å². The van der Waals surface area contributed by atoms with Gasteiger partial charge in [0.25, 0.3) is 0 Å². The molecule has 1 fully saturated rings. The first-order valence-electron chi connectivity index (χ1n) is 10.6. The first-order chi connectivity index (χ1) is 14.5. The largest absolute Gasteiger partial charge is 0.480 e. The van der Waals surface area contributed by atoms with Crippen LogP contribution in [0.2, 0.25) is 0 Å². The van der Waals surface area contributed by atoms with Crippen LogP contribution in [-0.2, 0) is 20.8 Å². The van der Waals surface area contributed by atoms with Crippen molar-refractivity contribution in [3.05, 3.63) is 36.0 Å². The van der Waals surface area contributed by atoms with Crippen LogP contribution in [0.4, 0.5) is 0 Å². The summed E-state index contributed by atoms with van der Waals surface area (Å²) in [5.74, 6) is -1.52. The van der Waals surface area contributed by atoms with Crippen LogP contribution in [0, 0.1) is 0 Å². The molecule has 8 nitrogen and oxygen atoms in total. The quantitative estimate of drug-likeness (QED) is 0.471. The Morgan fingerprint density at radius 3 is 2.83 bits per heavy atom. The number of nitrogens with two attached hydrogens (primary N) is 1. The number of para-hydroxylation sites is 1. The summed E-state index contributed by atoms with van der Waals surface area (Å²) < 4.78 is 0. The number of carboxylic acid groups (broad SMARTS) is 1. The van der Waals surface area contributed by atoms with Gasteiger partial charge in [-0.15, -0.1) is 0 Å². The fourth-order valence-electron chi connectivity index (χ4n) is 4.11. The van der Waals surface area contributed by atoms with Gasteiger partial charge in [-0.1, -0.05) is 18.2 Å². The van der Waals surface area contributed by atoms with E-state index in [1.165, 1.54) is 4.90 Å². The monoisotopic (exact) mass is 414 g/mol. The third kappa shape index (κ3) is 5.18. The maximum Gasteiger partial charge on any atom is 0.326 e. The van der Waals surface area contributed by atoms with Crippen LogP contribution in [-0.4, -0.2) is 57.9 Å². The van der Waals surface area contributed by atoms with E-state index >= 15 is 0 Å². The summed E-state index contributed by atoms with van der Waals surface area (Å²) >= 11 is 0. The van der Waals surface area contributed by atoms with Gasteiger partial charge in [-0.25, -0.2) is 4.79 Å². The number of carbonyl (C=O) groups excluding carboxylic acids is 2. The molecule has 5 N–H and O–H groups in total. The van der Waals surface area contributed by atoms with Crippen LogP contribution in [0.25, 0.3) is 10.9 Å². The van der Waals surface area contributed by atoms with Gasteiger partial charge in [0.1, 0.15) is 12.1 Å². The SMILES string of the molecule is NCCC[C@H](NC(=O)CCCc1c[nH]c2ccccc12)C(=O)N1CCC[C@H]1C(=O)O. The highest BCUT2D eigenvalue weighted by Gasteiger charge is 2.37. The van der Waals surface area contributed by atoms with Crippen molar-refractivity contribution in [2.45, 2.75) is 57.0 Å². The number of carbonyl (C=O) groups is 3. The second-order valence-electron chi connectivity index (χ2n) is 7.79. The van der Waals surface area contributed by atoms with Crippen molar-refractivity contribution in [2.75, 3.05) is 13.1 Å². The lowest BCUT2D eigenvalue weighted by Crippen LogP contribution is -2.51. The highest BCUT2D eigenvalue weighted by atomic mass is 16.4. The molecule has 1 saturated heterocycles. The maximum absolute atomic E-state index is 12.9. The van der Waals surface area contributed by atoms with Gasteiger partial charge in [0.15, 0.2) is 0 Å². The molecule has 2 heterocycles. The number of nitrogens with one attached hydrogen (secondary N) is 2. The zero-order valence-electron chi connectivity index (χ0n) is 17.1. The summed E-state index contributed by atoms with van der Waals surface area (Å²) in [5.41, 5.74) is 7.82. The number of nitrogens with zero attached hydrogens (tertiary/aromatic N) is 1. The van der Waals surface area contributed by atoms with Crippen LogP contribution in [0.3, 0.4) is 0 Å². The van der Waals surface area contributed by atoms with Gasteiger partial charge >= 0.3 is 5.97 Å². The van der Waals surface area contributed by atoms with Gasteiger partial charge in [-0.3, -0.25) is 9.59 Å². The molecule has 30 heavy (non-hydrogen) atoms. The van der Waals surface area contributed by atoms with Crippen LogP contribution in [0.5, 0.6) is 0 Å². The highest BCUT2D eigenvalue weighted by molar-refractivity contribution is 5.91. The Kier molecular flexibility index (Phi) is 7.46. The zero-order chi connectivity index (χ0) is 21.5. The number of aromatic amines is 1. The normalized spacial score (nSPS) is 17.2. The van der Waals surface area contributed by atoms with Crippen molar-refractivity contribution in [3.8, 4) is 0 Å². The number of fused-ring (bicyclic) bond motifs is 1. The number of aliphatic carboxylic acids is 1. The number of likely N-dealkylation sites (tertiary alicyclic amines) is 1. The van der Waals surface area contributed by atoms with Gasteiger partial charge < -0.3 is 26.0 Å². The summed E-state index contributed by atoms with van der Waals surface area (Å²) in [7, 11) is 0. The van der Waals surface area contributed by atoms with E-state index in [1.807, 2.05) is 24.4 Å². The number of benzene rings is 1. The van der Waals surface area contributed by atoms with Crippen molar-refractivity contribution in [1.29, 1.82) is 0 Å². The van der Waals surface area contributed by atoms with Crippen molar-refractivity contribution in [1.82, 2.24) is 15.2 Å². The molecule has 0 saturated carbocycles. The fraction of sp³-hybridized carbons (Fsp3) is 0.500. The summed E-state index contributed by atoms with van der Waals surface area (Å²) in [6, 6.07) is 6.50. The molecule has 0 unspecified atom stereocenters. The molecule has 0 bridgehead atoms. The van der Waals surface area contributed by atoms with E-state index in [2.05, 4.69) is 16.4 Å². The van der Waals surface area contributed by atoms with Crippen LogP contribution in [0.15, 0.2) is 30.5 Å². The Morgan fingerprint density at radius 1 is 1.27 bits per heavy atom. The van der Waals surface area contributed by atoms with Crippen molar-refractivity contribution < 1.29 is 19.5 Å². The number of hydrogen-bond acceptors (Lipinski definition) is 4. The molecule has 3 rings (SSSR count). The highest BCUT2D eigenvalue weighted by Crippen LogP contribution is 2.21. The molecule has 1 aliphatic heterocycles. The Labute approximate surface area is 175 Å². The lowest BCUT2D eigenvalue weighted by atomic mass is 10.1. The lowest BCUT2D eigenvalue weighted by molar-refractivity contribution is -0.149. The first-order valence-corrected chi connectivity index (χ1v) is 10.6. The summed E-state index contributed by atoms with van der Waals surface area (Å²) in [5, 5.41) is 13.3. The molecule has 2 aromatic rings. The first kappa shape index (κ1) is 21.8. The van der Waals surface area contributed by atoms with Crippen LogP contribution < -0.4 is 11.1 Å². The minimum Gasteiger partial charge on any atom is -0.480 e. The van der Waals surface area contributed by atoms with Crippen LogP contribution >= 0.6 is 0 Å². The predicted molar refractivity (Wildman–Crippen MR) is 114 cm³/mol. The standard InChI is InChI=1S/C22H30N4O4/c23-12-4-9-18(21(28)26-13-5-10-19(26)22(29)30)25-20(27)11-3-6-15-14-24-17-8-2-1-7-16(15)17/h1-2,7-8,14,18-19,24H,3-6,9-13,23H2,(H,25,27)(H,29,30)/t18-,19-/m0/s1. The molecule has 0 radical (unpaired) electrons. The minimum atomic E-state index is -0.997. The number of hydrogen-bond donors (Lipinski definition) is 4. The number of rotatable bonds is 10. The second-order valence-corrected chi connectivity index (χ2v) is 7.79. The van der Waals surface area contributed by atoms with E-state index in [-0.39, 0.29) is 11.8 Å². The number of aryl methyl sites for hydroxylation is 1. The van der Waals surface area contributed by atoms with Gasteiger partial charge in [0.05, 0.1) is 0 Å². The third-order valence-electron chi connectivity index (χ3n) is 5.68.